The molecule has 0 saturated heterocycles. The van der Waals surface area contributed by atoms with E-state index in [-0.39, 0.29) is 12.5 Å². The molecule has 0 spiro atoms. The molecule has 5 nitrogen and oxygen atoms in total. The third-order valence-corrected chi connectivity index (χ3v) is 4.34. The lowest BCUT2D eigenvalue weighted by atomic mass is 9.98. The van der Waals surface area contributed by atoms with Gasteiger partial charge in [0.15, 0.2) is 0 Å². The van der Waals surface area contributed by atoms with Crippen LogP contribution in [0.15, 0.2) is 42.7 Å². The Morgan fingerprint density at radius 1 is 1.27 bits per heavy atom. The number of nitrogens with one attached hydrogen (secondary N) is 1. The lowest BCUT2D eigenvalue weighted by molar-refractivity contribution is -0.122. The predicted octanol–water partition coefficient (Wildman–Crippen LogP) is 1.84. The zero-order valence-electron chi connectivity index (χ0n) is 12.5. The number of carbonyl (C=O) groups is 1. The number of amides is 1. The minimum atomic E-state index is -0.397. The van der Waals surface area contributed by atoms with Gasteiger partial charge in [-0.2, -0.15) is 5.10 Å². The van der Waals surface area contributed by atoms with Gasteiger partial charge >= 0.3 is 0 Å². The molecular formula is C17H21N3O2. The summed E-state index contributed by atoms with van der Waals surface area (Å²) in [6.45, 7) is 0.0248. The van der Waals surface area contributed by atoms with Crippen molar-refractivity contribution in [3.05, 3.63) is 48.3 Å². The number of hydrogen-bond acceptors (Lipinski definition) is 3. The van der Waals surface area contributed by atoms with Crippen LogP contribution < -0.4 is 5.32 Å². The second-order valence-corrected chi connectivity index (χ2v) is 5.99. The summed E-state index contributed by atoms with van der Waals surface area (Å²) in [5.41, 5.74) is 1.53. The highest BCUT2D eigenvalue weighted by molar-refractivity contribution is 5.79. The molecule has 0 unspecified atom stereocenters. The minimum Gasteiger partial charge on any atom is -0.394 e. The Morgan fingerprint density at radius 3 is 2.59 bits per heavy atom. The normalized spacial score (nSPS) is 16.6. The Bertz CT molecular complexity index is 614. The third kappa shape index (κ3) is 3.20. The quantitative estimate of drug-likeness (QED) is 0.885. The molecule has 2 aromatic rings. The number of hydrogen-bond donors (Lipinski definition) is 2. The Balaban J connectivity index is 1.62. The molecule has 1 aliphatic rings. The smallest absolute Gasteiger partial charge is 0.224 e. The summed E-state index contributed by atoms with van der Waals surface area (Å²) in [5.74, 6) is -0.0252. The van der Waals surface area contributed by atoms with E-state index in [1.165, 1.54) is 0 Å². The van der Waals surface area contributed by atoms with Crippen LogP contribution in [0.25, 0.3) is 5.69 Å². The lowest BCUT2D eigenvalue weighted by Gasteiger charge is -2.28. The molecule has 0 aliphatic heterocycles. The topological polar surface area (TPSA) is 67.2 Å². The molecule has 5 heteroatoms. The van der Waals surface area contributed by atoms with Crippen molar-refractivity contribution < 1.29 is 9.90 Å². The van der Waals surface area contributed by atoms with Crippen molar-refractivity contribution in [1.82, 2.24) is 15.1 Å². The number of benzene rings is 1. The Hall–Kier alpha value is -2.14. The summed E-state index contributed by atoms with van der Waals surface area (Å²) < 4.78 is 1.78. The van der Waals surface area contributed by atoms with Crippen molar-refractivity contribution >= 4 is 5.91 Å². The van der Waals surface area contributed by atoms with Gasteiger partial charge < -0.3 is 10.4 Å². The average Bonchev–Trinajstić information content (AvgIpc) is 3.20. The number of aliphatic hydroxyl groups excluding tert-OH is 1. The van der Waals surface area contributed by atoms with Gasteiger partial charge in [0.1, 0.15) is 0 Å². The maximum atomic E-state index is 12.2. The molecule has 1 aromatic heterocycles. The van der Waals surface area contributed by atoms with Gasteiger partial charge in [0, 0.05) is 12.4 Å². The number of rotatable bonds is 5. The lowest BCUT2D eigenvalue weighted by Crippen LogP contribution is -2.49. The Morgan fingerprint density at radius 2 is 2.00 bits per heavy atom. The zero-order valence-corrected chi connectivity index (χ0v) is 12.5. The largest absolute Gasteiger partial charge is 0.394 e. The van der Waals surface area contributed by atoms with Gasteiger partial charge in [-0.25, -0.2) is 4.68 Å². The van der Waals surface area contributed by atoms with Crippen LogP contribution in [0.2, 0.25) is 0 Å². The van der Waals surface area contributed by atoms with Crippen LogP contribution in [-0.2, 0) is 11.2 Å². The molecule has 116 valence electrons. The number of nitrogens with zero attached hydrogens (tertiary/aromatic N) is 2. The Kier molecular flexibility index (Phi) is 4.24. The second-order valence-electron chi connectivity index (χ2n) is 5.99. The van der Waals surface area contributed by atoms with Crippen molar-refractivity contribution in [1.29, 1.82) is 0 Å². The van der Waals surface area contributed by atoms with Crippen LogP contribution in [0.4, 0.5) is 0 Å². The van der Waals surface area contributed by atoms with E-state index in [4.69, 9.17) is 0 Å². The maximum absolute atomic E-state index is 12.2. The van der Waals surface area contributed by atoms with Crippen molar-refractivity contribution in [2.75, 3.05) is 6.61 Å². The molecule has 0 bridgehead atoms. The molecule has 1 heterocycles. The first-order chi connectivity index (χ1) is 10.7. The van der Waals surface area contributed by atoms with E-state index in [0.717, 1.165) is 36.9 Å². The van der Waals surface area contributed by atoms with E-state index < -0.39 is 5.54 Å². The molecule has 3 rings (SSSR count). The summed E-state index contributed by atoms with van der Waals surface area (Å²) in [6.07, 6.45) is 7.82. The zero-order chi connectivity index (χ0) is 15.4. The highest BCUT2D eigenvalue weighted by atomic mass is 16.3. The van der Waals surface area contributed by atoms with Crippen molar-refractivity contribution in [2.45, 2.75) is 37.6 Å². The van der Waals surface area contributed by atoms with Crippen LogP contribution in [0, 0.1) is 0 Å². The van der Waals surface area contributed by atoms with Crippen LogP contribution in [0.3, 0.4) is 0 Å². The van der Waals surface area contributed by atoms with Crippen LogP contribution in [0.1, 0.15) is 31.2 Å². The second kappa shape index (κ2) is 6.32. The molecule has 0 radical (unpaired) electrons. The number of carbonyl (C=O) groups excluding carboxylic acids is 1. The van der Waals surface area contributed by atoms with Gasteiger partial charge in [-0.1, -0.05) is 25.0 Å². The fourth-order valence-electron chi connectivity index (χ4n) is 3.09. The van der Waals surface area contributed by atoms with Crippen LogP contribution >= 0.6 is 0 Å². The van der Waals surface area contributed by atoms with Crippen molar-refractivity contribution in [3.8, 4) is 5.69 Å². The SMILES string of the molecule is O=C(Cc1ccc(-n2cccn2)cc1)NC1(CO)CCCC1. The monoisotopic (exact) mass is 299 g/mol. The fourth-order valence-corrected chi connectivity index (χ4v) is 3.09. The summed E-state index contributed by atoms with van der Waals surface area (Å²) in [7, 11) is 0. The number of aromatic nitrogens is 2. The molecule has 1 saturated carbocycles. The van der Waals surface area contributed by atoms with Crippen molar-refractivity contribution in [3.63, 3.8) is 0 Å². The summed E-state index contributed by atoms with van der Waals surface area (Å²) in [5, 5.41) is 16.8. The standard InChI is InChI=1S/C17H21N3O2/c21-13-17(8-1-2-9-17)19-16(22)12-14-4-6-15(7-5-14)20-11-3-10-18-20/h3-7,10-11,21H,1-2,8-9,12-13H2,(H,19,22). The van der Waals surface area contributed by atoms with Crippen molar-refractivity contribution in [2.24, 2.45) is 0 Å². The van der Waals surface area contributed by atoms with E-state index in [1.807, 2.05) is 36.5 Å². The first-order valence-electron chi connectivity index (χ1n) is 7.72. The first-order valence-corrected chi connectivity index (χ1v) is 7.72. The van der Waals surface area contributed by atoms with E-state index in [9.17, 15) is 9.90 Å². The first kappa shape index (κ1) is 14.8. The third-order valence-electron chi connectivity index (χ3n) is 4.34. The van der Waals surface area contributed by atoms with Gasteiger partial charge in [-0.15, -0.1) is 0 Å². The van der Waals surface area contributed by atoms with Crippen LogP contribution in [0.5, 0.6) is 0 Å². The van der Waals surface area contributed by atoms with Gasteiger partial charge in [-0.05, 0) is 36.6 Å². The van der Waals surface area contributed by atoms with E-state index in [2.05, 4.69) is 10.4 Å². The fraction of sp³-hybridized carbons (Fsp3) is 0.412. The molecule has 1 amide bonds. The van der Waals surface area contributed by atoms with Gasteiger partial charge in [0.2, 0.25) is 5.91 Å². The van der Waals surface area contributed by atoms with Gasteiger partial charge in [-0.3, -0.25) is 4.79 Å². The highest BCUT2D eigenvalue weighted by Gasteiger charge is 2.34. The van der Waals surface area contributed by atoms with E-state index in [0.29, 0.717) is 6.42 Å². The molecule has 1 aliphatic carbocycles. The van der Waals surface area contributed by atoms with Crippen LogP contribution in [-0.4, -0.2) is 32.9 Å². The average molecular weight is 299 g/mol. The summed E-state index contributed by atoms with van der Waals surface area (Å²) in [6, 6.07) is 9.66. The highest BCUT2D eigenvalue weighted by Crippen LogP contribution is 2.29. The minimum absolute atomic E-state index is 0.0248. The van der Waals surface area contributed by atoms with E-state index >= 15 is 0 Å². The molecule has 1 aromatic carbocycles. The number of aliphatic hydroxyl groups is 1. The Labute approximate surface area is 130 Å². The molecule has 22 heavy (non-hydrogen) atoms. The van der Waals surface area contributed by atoms with Gasteiger partial charge in [0.05, 0.1) is 24.3 Å². The van der Waals surface area contributed by atoms with Gasteiger partial charge in [0.25, 0.3) is 0 Å². The van der Waals surface area contributed by atoms with E-state index in [1.54, 1.807) is 10.9 Å². The summed E-state index contributed by atoms with van der Waals surface area (Å²) >= 11 is 0. The predicted molar refractivity (Wildman–Crippen MR) is 83.7 cm³/mol. The molecule has 2 N–H and O–H groups in total. The molecule has 0 atom stereocenters. The summed E-state index contributed by atoms with van der Waals surface area (Å²) in [4.78, 5) is 12.2. The molecule has 1 fully saturated rings. The molecular weight excluding hydrogens is 278 g/mol. The maximum Gasteiger partial charge on any atom is 0.224 e.